The van der Waals surface area contributed by atoms with Crippen molar-refractivity contribution in [2.45, 2.75) is 13.5 Å². The molecule has 19 heavy (non-hydrogen) atoms. The molecule has 1 heterocycles. The van der Waals surface area contributed by atoms with Crippen molar-refractivity contribution in [1.82, 2.24) is 10.5 Å². The molecule has 100 valence electrons. The second kappa shape index (κ2) is 5.40. The van der Waals surface area contributed by atoms with E-state index >= 15 is 0 Å². The molecule has 7 heteroatoms. The van der Waals surface area contributed by atoms with Crippen molar-refractivity contribution in [3.8, 4) is 0 Å². The lowest BCUT2D eigenvalue weighted by Gasteiger charge is -2.07. The summed E-state index contributed by atoms with van der Waals surface area (Å²) in [5, 5.41) is 6.40. The Hall–Kier alpha value is -1.89. The van der Waals surface area contributed by atoms with Gasteiger partial charge in [0.1, 0.15) is 17.3 Å². The Labute approximate surface area is 117 Å². The van der Waals surface area contributed by atoms with Gasteiger partial charge in [0.2, 0.25) is 0 Å². The molecule has 0 saturated heterocycles. The highest BCUT2D eigenvalue weighted by atomic mass is 79.9. The third-order valence-corrected chi connectivity index (χ3v) is 3.09. The number of amides is 1. The number of nitrogen functional groups attached to an aromatic ring is 1. The Balaban J connectivity index is 2.10. The summed E-state index contributed by atoms with van der Waals surface area (Å²) in [6.07, 6.45) is 0. The fourth-order valence-corrected chi connectivity index (χ4v) is 2.00. The Kier molecular flexibility index (Phi) is 3.84. The SMILES string of the molecule is Cc1cc(CNC(=O)c2cc(N)c(F)cc2Br)no1. The minimum atomic E-state index is -0.574. The highest BCUT2D eigenvalue weighted by molar-refractivity contribution is 9.10. The van der Waals surface area contributed by atoms with Crippen molar-refractivity contribution in [2.75, 3.05) is 5.73 Å². The van der Waals surface area contributed by atoms with Gasteiger partial charge in [0.05, 0.1) is 17.8 Å². The van der Waals surface area contributed by atoms with Gasteiger partial charge in [0.15, 0.2) is 0 Å². The van der Waals surface area contributed by atoms with Gasteiger partial charge >= 0.3 is 0 Å². The molecule has 0 bridgehead atoms. The first-order chi connectivity index (χ1) is 8.97. The van der Waals surface area contributed by atoms with Gasteiger partial charge in [0.25, 0.3) is 5.91 Å². The number of carbonyl (C=O) groups excluding carboxylic acids is 1. The van der Waals surface area contributed by atoms with E-state index < -0.39 is 5.82 Å². The Bertz CT molecular complexity index is 627. The molecule has 0 atom stereocenters. The lowest BCUT2D eigenvalue weighted by Crippen LogP contribution is -2.23. The molecule has 0 spiro atoms. The van der Waals surface area contributed by atoms with E-state index in [1.54, 1.807) is 13.0 Å². The molecule has 0 fully saturated rings. The third kappa shape index (κ3) is 3.11. The summed E-state index contributed by atoms with van der Waals surface area (Å²) in [5.74, 6) is -0.286. The number of nitrogens with zero attached hydrogens (tertiary/aromatic N) is 1. The van der Waals surface area contributed by atoms with Gasteiger partial charge in [-0.3, -0.25) is 4.79 Å². The van der Waals surface area contributed by atoms with E-state index in [0.717, 1.165) is 6.07 Å². The van der Waals surface area contributed by atoms with E-state index in [9.17, 15) is 9.18 Å². The molecule has 3 N–H and O–H groups in total. The maximum atomic E-state index is 13.2. The van der Waals surface area contributed by atoms with Crippen molar-refractivity contribution in [3.05, 3.63) is 45.5 Å². The van der Waals surface area contributed by atoms with Crippen LogP contribution in [0.15, 0.2) is 27.2 Å². The largest absolute Gasteiger partial charge is 0.396 e. The van der Waals surface area contributed by atoms with Crippen LogP contribution in [-0.2, 0) is 6.54 Å². The summed E-state index contributed by atoms with van der Waals surface area (Å²) >= 11 is 3.12. The molecule has 0 aliphatic carbocycles. The number of rotatable bonds is 3. The van der Waals surface area contributed by atoms with Crippen LogP contribution in [0.3, 0.4) is 0 Å². The first-order valence-corrected chi connectivity index (χ1v) is 6.21. The first-order valence-electron chi connectivity index (χ1n) is 5.42. The van der Waals surface area contributed by atoms with Gasteiger partial charge in [-0.25, -0.2) is 4.39 Å². The van der Waals surface area contributed by atoms with Gasteiger partial charge in [0, 0.05) is 10.5 Å². The normalized spacial score (nSPS) is 10.5. The van der Waals surface area contributed by atoms with Crippen LogP contribution in [0.2, 0.25) is 0 Å². The number of benzene rings is 1. The van der Waals surface area contributed by atoms with Crippen molar-refractivity contribution < 1.29 is 13.7 Å². The number of nitrogens with one attached hydrogen (secondary N) is 1. The number of hydrogen-bond acceptors (Lipinski definition) is 4. The predicted octanol–water partition coefficient (Wildman–Crippen LogP) is 2.40. The zero-order valence-electron chi connectivity index (χ0n) is 10.0. The molecule has 0 aliphatic heterocycles. The Morgan fingerprint density at radius 1 is 1.53 bits per heavy atom. The predicted molar refractivity (Wildman–Crippen MR) is 70.9 cm³/mol. The molecule has 0 saturated carbocycles. The topological polar surface area (TPSA) is 81.2 Å². The number of aromatic nitrogens is 1. The molecule has 1 aromatic carbocycles. The van der Waals surface area contributed by atoms with Crippen LogP contribution >= 0.6 is 15.9 Å². The van der Waals surface area contributed by atoms with E-state index in [1.165, 1.54) is 6.07 Å². The average molecular weight is 328 g/mol. The van der Waals surface area contributed by atoms with Crippen molar-refractivity contribution >= 4 is 27.5 Å². The fraction of sp³-hybridized carbons (Fsp3) is 0.167. The van der Waals surface area contributed by atoms with Crippen molar-refractivity contribution in [1.29, 1.82) is 0 Å². The van der Waals surface area contributed by atoms with Gasteiger partial charge in [-0.2, -0.15) is 0 Å². The molecule has 0 unspecified atom stereocenters. The monoisotopic (exact) mass is 327 g/mol. The quantitative estimate of drug-likeness (QED) is 0.848. The third-order valence-electron chi connectivity index (χ3n) is 2.44. The lowest BCUT2D eigenvalue weighted by atomic mass is 10.2. The van der Waals surface area contributed by atoms with Crippen LogP contribution in [0, 0.1) is 12.7 Å². The molecule has 0 aliphatic rings. The zero-order chi connectivity index (χ0) is 14.0. The van der Waals surface area contributed by atoms with Crippen molar-refractivity contribution in [2.24, 2.45) is 0 Å². The Morgan fingerprint density at radius 2 is 2.26 bits per heavy atom. The summed E-state index contributed by atoms with van der Waals surface area (Å²) in [5.41, 5.74) is 6.23. The minimum Gasteiger partial charge on any atom is -0.396 e. The molecule has 1 aromatic heterocycles. The summed E-state index contributed by atoms with van der Waals surface area (Å²) in [7, 11) is 0. The van der Waals surface area contributed by atoms with Crippen LogP contribution in [0.4, 0.5) is 10.1 Å². The molecule has 1 amide bonds. The van der Waals surface area contributed by atoms with E-state index in [1.807, 2.05) is 0 Å². The average Bonchev–Trinajstić information content (AvgIpc) is 2.77. The molecule has 2 aromatic rings. The summed E-state index contributed by atoms with van der Waals surface area (Å²) < 4.78 is 18.4. The maximum Gasteiger partial charge on any atom is 0.252 e. The summed E-state index contributed by atoms with van der Waals surface area (Å²) in [6, 6.07) is 4.15. The second-order valence-corrected chi connectivity index (χ2v) is 4.82. The van der Waals surface area contributed by atoms with Crippen molar-refractivity contribution in [3.63, 3.8) is 0 Å². The number of halogens is 2. The van der Waals surface area contributed by atoms with E-state index in [4.69, 9.17) is 10.3 Å². The zero-order valence-corrected chi connectivity index (χ0v) is 11.6. The van der Waals surface area contributed by atoms with Gasteiger partial charge in [-0.15, -0.1) is 0 Å². The fourth-order valence-electron chi connectivity index (χ4n) is 1.51. The highest BCUT2D eigenvalue weighted by Gasteiger charge is 2.13. The smallest absolute Gasteiger partial charge is 0.252 e. The minimum absolute atomic E-state index is 0.0781. The maximum absolute atomic E-state index is 13.2. The van der Waals surface area contributed by atoms with E-state index in [2.05, 4.69) is 26.4 Å². The Morgan fingerprint density at radius 3 is 2.89 bits per heavy atom. The van der Waals surface area contributed by atoms with Gasteiger partial charge in [-0.1, -0.05) is 5.16 Å². The van der Waals surface area contributed by atoms with Crippen LogP contribution < -0.4 is 11.1 Å². The van der Waals surface area contributed by atoms with Crippen LogP contribution in [-0.4, -0.2) is 11.1 Å². The number of aryl methyl sites for hydroxylation is 1. The number of hydrogen-bond donors (Lipinski definition) is 2. The summed E-state index contributed by atoms with van der Waals surface area (Å²) in [6.45, 7) is 1.98. The summed E-state index contributed by atoms with van der Waals surface area (Å²) in [4.78, 5) is 11.9. The molecule has 5 nitrogen and oxygen atoms in total. The van der Waals surface area contributed by atoms with Crippen LogP contribution in [0.5, 0.6) is 0 Å². The van der Waals surface area contributed by atoms with Crippen LogP contribution in [0.1, 0.15) is 21.8 Å². The van der Waals surface area contributed by atoms with E-state index in [0.29, 0.717) is 15.9 Å². The molecule has 2 rings (SSSR count). The second-order valence-electron chi connectivity index (χ2n) is 3.97. The molecular formula is C12H11BrFN3O2. The molecular weight excluding hydrogens is 317 g/mol. The number of carbonyl (C=O) groups is 1. The first kappa shape index (κ1) is 13.5. The standard InChI is InChI=1S/C12H11BrFN3O2/c1-6-2-7(17-19-6)5-16-12(18)8-3-11(15)10(14)4-9(8)13/h2-4H,5,15H2,1H3,(H,16,18). The van der Waals surface area contributed by atoms with Gasteiger partial charge in [-0.05, 0) is 35.0 Å². The lowest BCUT2D eigenvalue weighted by molar-refractivity contribution is 0.0949. The highest BCUT2D eigenvalue weighted by Crippen LogP contribution is 2.22. The number of anilines is 1. The van der Waals surface area contributed by atoms with E-state index in [-0.39, 0.29) is 23.7 Å². The van der Waals surface area contributed by atoms with Gasteiger partial charge < -0.3 is 15.6 Å². The number of nitrogens with two attached hydrogens (primary N) is 1. The molecule has 0 radical (unpaired) electrons. The van der Waals surface area contributed by atoms with Crippen LogP contribution in [0.25, 0.3) is 0 Å².